The zero-order valence-electron chi connectivity index (χ0n) is 14.6. The van der Waals surface area contributed by atoms with Gasteiger partial charge in [-0.05, 0) is 33.7 Å². The third-order valence-corrected chi connectivity index (χ3v) is 2.96. The zero-order chi connectivity index (χ0) is 16.8. The number of hydrogen-bond acceptors (Lipinski definition) is 5. The number of imidazole rings is 1. The third-order valence-electron chi connectivity index (χ3n) is 2.96. The maximum absolute atomic E-state index is 11.5. The maximum Gasteiger partial charge on any atom is 0.407 e. The lowest BCUT2D eigenvalue weighted by atomic mass is 10.2. The van der Waals surface area contributed by atoms with E-state index in [-0.39, 0.29) is 6.09 Å². The van der Waals surface area contributed by atoms with E-state index in [1.165, 1.54) is 0 Å². The number of anilines is 1. The van der Waals surface area contributed by atoms with E-state index in [4.69, 9.17) is 4.74 Å². The second-order valence-corrected chi connectivity index (χ2v) is 6.46. The van der Waals surface area contributed by atoms with Crippen LogP contribution in [0, 0.1) is 0 Å². The van der Waals surface area contributed by atoms with Crippen molar-refractivity contribution in [1.29, 1.82) is 0 Å². The fraction of sp³-hybridized carbons (Fsp3) is 0.733. The molecule has 126 valence electrons. The van der Waals surface area contributed by atoms with Gasteiger partial charge in [-0.1, -0.05) is 0 Å². The van der Waals surface area contributed by atoms with Crippen LogP contribution in [-0.4, -0.2) is 48.4 Å². The number of carbonyl (C=O) groups is 1. The number of amides is 1. The van der Waals surface area contributed by atoms with Gasteiger partial charge in [-0.25, -0.2) is 9.78 Å². The molecular formula is C15H29N5O2. The molecule has 0 saturated carbocycles. The lowest BCUT2D eigenvalue weighted by Gasteiger charge is -2.19. The smallest absolute Gasteiger partial charge is 0.407 e. The molecule has 0 aliphatic carbocycles. The molecule has 0 saturated heterocycles. The first-order valence-electron chi connectivity index (χ1n) is 7.56. The predicted molar refractivity (Wildman–Crippen MR) is 88.1 cm³/mol. The van der Waals surface area contributed by atoms with E-state index in [9.17, 15) is 4.79 Å². The van der Waals surface area contributed by atoms with E-state index < -0.39 is 5.60 Å². The minimum Gasteiger partial charge on any atom is -0.444 e. The molecule has 0 radical (unpaired) electrons. The Balaban J connectivity index is 2.17. The summed E-state index contributed by atoms with van der Waals surface area (Å²) in [4.78, 5) is 17.8. The lowest BCUT2D eigenvalue weighted by Crippen LogP contribution is -2.33. The average molecular weight is 311 g/mol. The summed E-state index contributed by atoms with van der Waals surface area (Å²) in [7, 11) is 5.95. The first kappa shape index (κ1) is 18.3. The molecule has 0 aliphatic heterocycles. The highest BCUT2D eigenvalue weighted by Gasteiger charge is 2.15. The van der Waals surface area contributed by atoms with Gasteiger partial charge in [0.2, 0.25) is 5.95 Å². The normalized spacial score (nSPS) is 11.4. The van der Waals surface area contributed by atoms with Gasteiger partial charge in [-0.3, -0.25) is 0 Å². The lowest BCUT2D eigenvalue weighted by molar-refractivity contribution is 0.0527. The van der Waals surface area contributed by atoms with Gasteiger partial charge in [0.15, 0.2) is 0 Å². The molecule has 2 N–H and O–H groups in total. The minimum atomic E-state index is -0.452. The summed E-state index contributed by atoms with van der Waals surface area (Å²) >= 11 is 0. The number of alkyl carbamates (subject to hydrolysis) is 1. The van der Waals surface area contributed by atoms with E-state index in [0.717, 1.165) is 31.2 Å². The van der Waals surface area contributed by atoms with Crippen LogP contribution in [0.2, 0.25) is 0 Å². The molecule has 0 spiro atoms. The highest BCUT2D eigenvalue weighted by atomic mass is 16.6. The van der Waals surface area contributed by atoms with Crippen LogP contribution in [0.5, 0.6) is 0 Å². The van der Waals surface area contributed by atoms with Gasteiger partial charge in [-0.2, -0.15) is 0 Å². The summed E-state index contributed by atoms with van der Waals surface area (Å²) in [5.41, 5.74) is 0.676. The number of nitrogens with one attached hydrogen (secondary N) is 2. The number of aromatic nitrogens is 2. The molecule has 1 heterocycles. The number of rotatable bonds is 7. The largest absolute Gasteiger partial charge is 0.444 e. The Kier molecular flexibility index (Phi) is 6.67. The molecule has 1 amide bonds. The standard InChI is InChI=1S/C15H29N5O2/c1-15(2,3)22-14(21)17-9-7-8-16-10-12-11-18-13(19(4)5)20(12)6/h11,16H,7-10H2,1-6H3,(H,17,21). The molecule has 0 bridgehead atoms. The van der Waals surface area contributed by atoms with Gasteiger partial charge in [-0.15, -0.1) is 0 Å². The van der Waals surface area contributed by atoms with Crippen LogP contribution in [0.3, 0.4) is 0 Å². The molecule has 1 aromatic rings. The second-order valence-electron chi connectivity index (χ2n) is 6.46. The Morgan fingerprint density at radius 2 is 2.05 bits per heavy atom. The van der Waals surface area contributed by atoms with Crippen LogP contribution in [0.1, 0.15) is 32.9 Å². The van der Waals surface area contributed by atoms with Crippen LogP contribution >= 0.6 is 0 Å². The average Bonchev–Trinajstić information content (AvgIpc) is 2.73. The van der Waals surface area contributed by atoms with Crippen LogP contribution in [0.25, 0.3) is 0 Å². The maximum atomic E-state index is 11.5. The highest BCUT2D eigenvalue weighted by molar-refractivity contribution is 5.67. The van der Waals surface area contributed by atoms with E-state index in [1.807, 2.05) is 53.0 Å². The Labute approximate surface area is 133 Å². The van der Waals surface area contributed by atoms with E-state index >= 15 is 0 Å². The van der Waals surface area contributed by atoms with Crippen molar-refractivity contribution in [3.05, 3.63) is 11.9 Å². The van der Waals surface area contributed by atoms with Gasteiger partial charge in [0.25, 0.3) is 0 Å². The van der Waals surface area contributed by atoms with Crippen LogP contribution < -0.4 is 15.5 Å². The fourth-order valence-corrected chi connectivity index (χ4v) is 1.95. The monoisotopic (exact) mass is 311 g/mol. The molecule has 0 atom stereocenters. The summed E-state index contributed by atoms with van der Waals surface area (Å²) < 4.78 is 7.23. The molecule has 0 aromatic carbocycles. The van der Waals surface area contributed by atoms with Crippen molar-refractivity contribution >= 4 is 12.0 Å². The van der Waals surface area contributed by atoms with Gasteiger partial charge >= 0.3 is 6.09 Å². The van der Waals surface area contributed by atoms with Crippen LogP contribution in [0.15, 0.2) is 6.20 Å². The Morgan fingerprint density at radius 3 is 2.59 bits per heavy atom. The topological polar surface area (TPSA) is 71.4 Å². The number of hydrogen-bond donors (Lipinski definition) is 2. The minimum absolute atomic E-state index is 0.366. The van der Waals surface area contributed by atoms with Crippen molar-refractivity contribution in [3.63, 3.8) is 0 Å². The van der Waals surface area contributed by atoms with Crippen molar-refractivity contribution in [2.24, 2.45) is 7.05 Å². The summed E-state index contributed by atoms with van der Waals surface area (Å²) in [6.07, 6.45) is 2.36. The Bertz CT molecular complexity index is 477. The van der Waals surface area contributed by atoms with Crippen molar-refractivity contribution in [2.75, 3.05) is 32.1 Å². The van der Waals surface area contributed by atoms with E-state index in [0.29, 0.717) is 6.54 Å². The molecule has 7 nitrogen and oxygen atoms in total. The van der Waals surface area contributed by atoms with Crippen molar-refractivity contribution < 1.29 is 9.53 Å². The second kappa shape index (κ2) is 8.03. The Morgan fingerprint density at radius 1 is 1.36 bits per heavy atom. The molecule has 1 aromatic heterocycles. The summed E-state index contributed by atoms with van der Waals surface area (Å²) in [5.74, 6) is 0.934. The first-order chi connectivity index (χ1) is 10.2. The molecule has 1 rings (SSSR count). The van der Waals surface area contributed by atoms with Gasteiger partial charge in [0.1, 0.15) is 5.60 Å². The van der Waals surface area contributed by atoms with Crippen molar-refractivity contribution in [3.8, 4) is 0 Å². The predicted octanol–water partition coefficient (Wildman–Crippen LogP) is 1.49. The summed E-state index contributed by atoms with van der Waals surface area (Å²) in [5, 5.41) is 6.09. The fourth-order valence-electron chi connectivity index (χ4n) is 1.95. The summed E-state index contributed by atoms with van der Waals surface area (Å²) in [6.45, 7) is 7.72. The Hall–Kier alpha value is -1.76. The third kappa shape index (κ3) is 6.34. The summed E-state index contributed by atoms with van der Waals surface area (Å²) in [6, 6.07) is 0. The number of ether oxygens (including phenoxy) is 1. The molecule has 0 unspecified atom stereocenters. The van der Waals surface area contributed by atoms with Gasteiger partial charge in [0.05, 0.1) is 11.9 Å². The highest BCUT2D eigenvalue weighted by Crippen LogP contribution is 2.10. The molecule has 0 aliphatic rings. The van der Waals surface area contributed by atoms with Crippen molar-refractivity contribution in [2.45, 2.75) is 39.3 Å². The van der Waals surface area contributed by atoms with Crippen molar-refractivity contribution in [1.82, 2.24) is 20.2 Å². The zero-order valence-corrected chi connectivity index (χ0v) is 14.6. The van der Waals surface area contributed by atoms with E-state index in [1.54, 1.807) is 0 Å². The number of nitrogens with zero attached hydrogens (tertiary/aromatic N) is 3. The van der Waals surface area contributed by atoms with Crippen LogP contribution in [-0.2, 0) is 18.3 Å². The molecule has 22 heavy (non-hydrogen) atoms. The SMILES string of the molecule is CN(C)c1ncc(CNCCCNC(=O)OC(C)(C)C)n1C. The van der Waals surface area contributed by atoms with E-state index in [2.05, 4.69) is 20.2 Å². The van der Waals surface area contributed by atoms with Gasteiger partial charge in [0, 0.05) is 34.2 Å². The first-order valence-corrected chi connectivity index (χ1v) is 7.56. The van der Waals surface area contributed by atoms with Crippen LogP contribution in [0.4, 0.5) is 10.7 Å². The van der Waals surface area contributed by atoms with Gasteiger partial charge < -0.3 is 24.8 Å². The molecule has 0 fully saturated rings. The molecule has 7 heteroatoms. The number of carbonyl (C=O) groups excluding carboxylic acids is 1. The molecular weight excluding hydrogens is 282 g/mol. The quantitative estimate of drug-likeness (QED) is 0.747.